The van der Waals surface area contributed by atoms with Gasteiger partial charge in [0.25, 0.3) is 0 Å². The fourth-order valence-electron chi connectivity index (χ4n) is 1.86. The van der Waals surface area contributed by atoms with E-state index in [1.165, 1.54) is 7.11 Å². The molecule has 0 bridgehead atoms. The number of rotatable bonds is 3. The topological polar surface area (TPSA) is 55.5 Å². The van der Waals surface area contributed by atoms with Crippen molar-refractivity contribution in [2.75, 3.05) is 13.7 Å². The van der Waals surface area contributed by atoms with Gasteiger partial charge in [0.1, 0.15) is 0 Å². The molecule has 0 amide bonds. The Labute approximate surface area is 87.7 Å². The lowest BCUT2D eigenvalue weighted by Gasteiger charge is -2.15. The molecular formula is C11H14FNO2. The van der Waals surface area contributed by atoms with E-state index in [9.17, 15) is 9.50 Å². The first-order chi connectivity index (χ1) is 7.14. The summed E-state index contributed by atoms with van der Waals surface area (Å²) >= 11 is 0. The fourth-order valence-corrected chi connectivity index (χ4v) is 1.86. The van der Waals surface area contributed by atoms with Gasteiger partial charge in [-0.2, -0.15) is 0 Å². The first kappa shape index (κ1) is 10.2. The van der Waals surface area contributed by atoms with Crippen molar-refractivity contribution in [2.45, 2.75) is 18.3 Å². The van der Waals surface area contributed by atoms with Crippen LogP contribution in [0, 0.1) is 5.82 Å². The van der Waals surface area contributed by atoms with Crippen molar-refractivity contribution in [3.63, 3.8) is 0 Å². The zero-order valence-corrected chi connectivity index (χ0v) is 8.59. The zero-order valence-electron chi connectivity index (χ0n) is 8.59. The third-order valence-corrected chi connectivity index (χ3v) is 3.11. The monoisotopic (exact) mass is 211 g/mol. The van der Waals surface area contributed by atoms with Gasteiger partial charge in [0.15, 0.2) is 17.3 Å². The number of phenolic OH excluding ortho intramolecular Hbond substituents is 1. The van der Waals surface area contributed by atoms with E-state index in [2.05, 4.69) is 0 Å². The van der Waals surface area contributed by atoms with Gasteiger partial charge < -0.3 is 15.6 Å². The van der Waals surface area contributed by atoms with Crippen molar-refractivity contribution >= 4 is 0 Å². The number of phenols is 1. The molecule has 4 heteroatoms. The molecule has 1 saturated carbocycles. The van der Waals surface area contributed by atoms with Gasteiger partial charge in [-0.3, -0.25) is 0 Å². The number of benzene rings is 1. The van der Waals surface area contributed by atoms with Gasteiger partial charge in [-0.25, -0.2) is 4.39 Å². The highest BCUT2D eigenvalue weighted by atomic mass is 19.1. The van der Waals surface area contributed by atoms with Crippen molar-refractivity contribution in [3.05, 3.63) is 23.5 Å². The molecule has 0 spiro atoms. The SMILES string of the molecule is COc1ccc(C2(CN)CC2)c(F)c1O. The van der Waals surface area contributed by atoms with Crippen molar-refractivity contribution in [2.24, 2.45) is 5.73 Å². The average Bonchev–Trinajstić information content (AvgIpc) is 3.03. The van der Waals surface area contributed by atoms with Crippen LogP contribution in [-0.4, -0.2) is 18.8 Å². The molecule has 2 rings (SSSR count). The maximum atomic E-state index is 13.8. The molecular weight excluding hydrogens is 197 g/mol. The summed E-state index contributed by atoms with van der Waals surface area (Å²) in [6, 6.07) is 3.22. The number of ether oxygens (including phenoxy) is 1. The normalized spacial score (nSPS) is 17.5. The van der Waals surface area contributed by atoms with Gasteiger partial charge >= 0.3 is 0 Å². The first-order valence-electron chi connectivity index (χ1n) is 4.90. The first-order valence-corrected chi connectivity index (χ1v) is 4.90. The standard InChI is InChI=1S/C11H14FNO2/c1-15-8-3-2-7(9(12)10(8)14)11(6-13)4-5-11/h2-3,14H,4-6,13H2,1H3. The highest BCUT2D eigenvalue weighted by molar-refractivity contribution is 5.47. The fraction of sp³-hybridized carbons (Fsp3) is 0.455. The molecule has 0 aromatic heterocycles. The lowest BCUT2D eigenvalue weighted by atomic mass is 9.95. The van der Waals surface area contributed by atoms with Crippen LogP contribution in [0.2, 0.25) is 0 Å². The second-order valence-corrected chi connectivity index (χ2v) is 3.96. The Morgan fingerprint density at radius 1 is 1.53 bits per heavy atom. The predicted octanol–water partition coefficient (Wildman–Crippen LogP) is 1.53. The van der Waals surface area contributed by atoms with Crippen LogP contribution in [0.4, 0.5) is 4.39 Å². The Morgan fingerprint density at radius 2 is 2.20 bits per heavy atom. The van der Waals surface area contributed by atoms with Crippen LogP contribution in [-0.2, 0) is 5.41 Å². The van der Waals surface area contributed by atoms with Crippen molar-refractivity contribution < 1.29 is 14.2 Å². The van der Waals surface area contributed by atoms with Crippen molar-refractivity contribution in [3.8, 4) is 11.5 Å². The lowest BCUT2D eigenvalue weighted by molar-refractivity contribution is 0.353. The van der Waals surface area contributed by atoms with Crippen LogP contribution in [0.3, 0.4) is 0 Å². The van der Waals surface area contributed by atoms with E-state index in [-0.39, 0.29) is 11.2 Å². The van der Waals surface area contributed by atoms with E-state index in [1.54, 1.807) is 12.1 Å². The Hall–Kier alpha value is -1.29. The minimum Gasteiger partial charge on any atom is -0.502 e. The molecule has 0 aliphatic heterocycles. The lowest BCUT2D eigenvalue weighted by Crippen LogP contribution is -2.21. The van der Waals surface area contributed by atoms with E-state index < -0.39 is 11.6 Å². The van der Waals surface area contributed by atoms with E-state index in [0.717, 1.165) is 12.8 Å². The Kier molecular flexibility index (Phi) is 2.31. The minimum absolute atomic E-state index is 0.157. The number of hydrogen-bond donors (Lipinski definition) is 2. The third-order valence-electron chi connectivity index (χ3n) is 3.11. The molecule has 0 unspecified atom stereocenters. The molecule has 1 aromatic carbocycles. The molecule has 1 fully saturated rings. The van der Waals surface area contributed by atoms with Gasteiger partial charge in [0.2, 0.25) is 0 Å². The smallest absolute Gasteiger partial charge is 0.194 e. The molecule has 1 aliphatic rings. The maximum Gasteiger partial charge on any atom is 0.194 e. The molecule has 0 radical (unpaired) electrons. The van der Waals surface area contributed by atoms with Gasteiger partial charge in [-0.05, 0) is 24.5 Å². The summed E-state index contributed by atoms with van der Waals surface area (Å²) in [5.41, 5.74) is 5.86. The van der Waals surface area contributed by atoms with Crippen LogP contribution in [0.15, 0.2) is 12.1 Å². The molecule has 3 N–H and O–H groups in total. The van der Waals surface area contributed by atoms with E-state index >= 15 is 0 Å². The molecule has 82 valence electrons. The average molecular weight is 211 g/mol. The quantitative estimate of drug-likeness (QED) is 0.797. The summed E-state index contributed by atoms with van der Waals surface area (Å²) in [5.74, 6) is -0.865. The summed E-state index contributed by atoms with van der Waals surface area (Å²) in [7, 11) is 1.39. The predicted molar refractivity (Wildman–Crippen MR) is 54.6 cm³/mol. The van der Waals surface area contributed by atoms with Crippen molar-refractivity contribution in [1.82, 2.24) is 0 Å². The van der Waals surface area contributed by atoms with E-state index in [0.29, 0.717) is 12.1 Å². The van der Waals surface area contributed by atoms with Crippen LogP contribution < -0.4 is 10.5 Å². The van der Waals surface area contributed by atoms with Crippen LogP contribution in [0.5, 0.6) is 11.5 Å². The Morgan fingerprint density at radius 3 is 2.67 bits per heavy atom. The second-order valence-electron chi connectivity index (χ2n) is 3.96. The summed E-state index contributed by atoms with van der Waals surface area (Å²) in [6.45, 7) is 0.412. The number of hydrogen-bond acceptors (Lipinski definition) is 3. The molecule has 15 heavy (non-hydrogen) atoms. The molecule has 0 saturated heterocycles. The number of methoxy groups -OCH3 is 1. The largest absolute Gasteiger partial charge is 0.502 e. The minimum atomic E-state index is -0.600. The molecule has 0 heterocycles. The van der Waals surface area contributed by atoms with Crippen LogP contribution in [0.1, 0.15) is 18.4 Å². The Bertz CT molecular complexity index is 388. The third kappa shape index (κ3) is 1.45. The molecule has 0 atom stereocenters. The van der Waals surface area contributed by atoms with Gasteiger partial charge in [0.05, 0.1) is 7.11 Å². The summed E-state index contributed by atoms with van der Waals surface area (Å²) in [6.07, 6.45) is 1.76. The van der Waals surface area contributed by atoms with Crippen LogP contribution >= 0.6 is 0 Å². The molecule has 1 aliphatic carbocycles. The number of halogens is 1. The highest BCUT2D eigenvalue weighted by Gasteiger charge is 2.45. The number of nitrogens with two attached hydrogens (primary N) is 1. The van der Waals surface area contributed by atoms with Crippen molar-refractivity contribution in [1.29, 1.82) is 0 Å². The van der Waals surface area contributed by atoms with Gasteiger partial charge in [-0.15, -0.1) is 0 Å². The van der Waals surface area contributed by atoms with E-state index in [1.807, 2.05) is 0 Å². The molecule has 3 nitrogen and oxygen atoms in total. The highest BCUT2D eigenvalue weighted by Crippen LogP contribution is 2.50. The zero-order chi connectivity index (χ0) is 11.1. The maximum absolute atomic E-state index is 13.8. The van der Waals surface area contributed by atoms with Crippen LogP contribution in [0.25, 0.3) is 0 Å². The molecule has 1 aromatic rings. The van der Waals surface area contributed by atoms with E-state index in [4.69, 9.17) is 10.5 Å². The summed E-state index contributed by atoms with van der Waals surface area (Å²) in [4.78, 5) is 0. The number of aromatic hydroxyl groups is 1. The Balaban J connectivity index is 2.47. The second kappa shape index (κ2) is 3.38. The van der Waals surface area contributed by atoms with Gasteiger partial charge in [0, 0.05) is 12.0 Å². The summed E-state index contributed by atoms with van der Waals surface area (Å²) in [5, 5.41) is 9.52. The van der Waals surface area contributed by atoms with Gasteiger partial charge in [-0.1, -0.05) is 6.07 Å². The summed E-state index contributed by atoms with van der Waals surface area (Å²) < 4.78 is 18.6.